The van der Waals surface area contributed by atoms with Crippen molar-refractivity contribution in [3.63, 3.8) is 0 Å². The van der Waals surface area contributed by atoms with E-state index in [0.29, 0.717) is 37.0 Å². The Bertz CT molecular complexity index is 1000. The molecule has 2 aliphatic rings. The number of hydrogen-bond acceptors (Lipinski definition) is 4. The summed E-state index contributed by atoms with van der Waals surface area (Å²) in [5.74, 6) is -1.59. The maximum atomic E-state index is 12.9. The minimum atomic E-state index is -3.76. The van der Waals surface area contributed by atoms with Gasteiger partial charge in [0, 0.05) is 18.5 Å². The molecule has 136 valence electrons. The predicted octanol–water partition coefficient (Wildman–Crippen LogP) is 1.67. The first-order valence-corrected chi connectivity index (χ1v) is 9.88. The number of hydrogen-bond donors (Lipinski definition) is 1. The number of piperidine rings is 1. The zero-order valence-electron chi connectivity index (χ0n) is 14.0. The molecule has 0 atom stereocenters. The Morgan fingerprint density at radius 3 is 2.38 bits per heavy atom. The highest BCUT2D eigenvalue weighted by atomic mass is 32.2. The second-order valence-electron chi connectivity index (χ2n) is 6.64. The van der Waals surface area contributed by atoms with E-state index in [4.69, 9.17) is 5.11 Å². The number of aliphatic carboxylic acids is 1. The molecule has 1 saturated heterocycles. The van der Waals surface area contributed by atoms with Crippen LogP contribution in [0.5, 0.6) is 0 Å². The van der Waals surface area contributed by atoms with Gasteiger partial charge in [0.15, 0.2) is 0 Å². The van der Waals surface area contributed by atoms with Crippen LogP contribution in [0, 0.1) is 5.92 Å². The van der Waals surface area contributed by atoms with Crippen molar-refractivity contribution in [3.05, 3.63) is 36.4 Å². The van der Waals surface area contributed by atoms with Crippen LogP contribution in [0.3, 0.4) is 0 Å². The third-order valence-corrected chi connectivity index (χ3v) is 6.96. The summed E-state index contributed by atoms with van der Waals surface area (Å²) in [5.41, 5.74) is 0.520. The molecule has 1 amide bonds. The van der Waals surface area contributed by atoms with E-state index in [2.05, 4.69) is 0 Å². The Hall–Kier alpha value is -2.61. The van der Waals surface area contributed by atoms with Crippen LogP contribution < -0.4 is 4.31 Å². The van der Waals surface area contributed by atoms with Crippen molar-refractivity contribution < 1.29 is 23.1 Å². The number of nitrogens with zero attached hydrogens (tertiary/aromatic N) is 2. The molecule has 0 spiro atoms. The molecule has 0 unspecified atom stereocenters. The Morgan fingerprint density at radius 1 is 1.08 bits per heavy atom. The number of carboxylic acid groups (broad SMARTS) is 1. The normalized spacial score (nSPS) is 19.1. The third kappa shape index (κ3) is 2.52. The molecular weight excluding hydrogens is 356 g/mol. The van der Waals surface area contributed by atoms with Crippen LogP contribution in [0.25, 0.3) is 10.8 Å². The van der Waals surface area contributed by atoms with Gasteiger partial charge in [-0.25, -0.2) is 8.42 Å². The summed E-state index contributed by atoms with van der Waals surface area (Å²) in [6.45, 7) is 0.398. The number of carbonyl (C=O) groups excluding carboxylic acids is 1. The van der Waals surface area contributed by atoms with Gasteiger partial charge >= 0.3 is 5.97 Å². The number of anilines is 1. The number of likely N-dealkylation sites (tertiary alicyclic amines) is 1. The van der Waals surface area contributed by atoms with Crippen molar-refractivity contribution in [3.8, 4) is 0 Å². The smallest absolute Gasteiger partial charge is 0.306 e. The summed E-state index contributed by atoms with van der Waals surface area (Å²) in [6.07, 6.45) is 0.785. The Kier molecular flexibility index (Phi) is 3.87. The van der Waals surface area contributed by atoms with Crippen LogP contribution >= 0.6 is 0 Å². The first-order valence-electron chi connectivity index (χ1n) is 8.44. The third-order valence-electron chi connectivity index (χ3n) is 5.16. The molecule has 8 heteroatoms. The fourth-order valence-corrected chi connectivity index (χ4v) is 5.39. The van der Waals surface area contributed by atoms with Gasteiger partial charge in [-0.05, 0) is 30.4 Å². The Labute approximate surface area is 150 Å². The quantitative estimate of drug-likeness (QED) is 0.882. The summed E-state index contributed by atoms with van der Waals surface area (Å²) in [6, 6.07) is 10.4. The largest absolute Gasteiger partial charge is 0.481 e. The van der Waals surface area contributed by atoms with E-state index in [-0.39, 0.29) is 17.3 Å². The number of carbonyl (C=O) groups is 2. The number of amides is 1. The lowest BCUT2D eigenvalue weighted by atomic mass is 9.97. The molecule has 2 aliphatic heterocycles. The molecule has 0 bridgehead atoms. The van der Waals surface area contributed by atoms with Gasteiger partial charge in [0.05, 0.1) is 16.5 Å². The molecule has 2 aromatic rings. The zero-order chi connectivity index (χ0) is 18.5. The highest BCUT2D eigenvalue weighted by Crippen LogP contribution is 2.41. The van der Waals surface area contributed by atoms with Crippen LogP contribution in [0.2, 0.25) is 0 Å². The predicted molar refractivity (Wildman–Crippen MR) is 95.4 cm³/mol. The van der Waals surface area contributed by atoms with E-state index < -0.39 is 21.9 Å². The molecule has 7 nitrogen and oxygen atoms in total. The van der Waals surface area contributed by atoms with Crippen molar-refractivity contribution >= 4 is 38.4 Å². The molecule has 0 saturated carbocycles. The Morgan fingerprint density at radius 2 is 1.73 bits per heavy atom. The van der Waals surface area contributed by atoms with Crippen molar-refractivity contribution in [1.82, 2.24) is 4.90 Å². The summed E-state index contributed by atoms with van der Waals surface area (Å²) < 4.78 is 27.0. The van der Waals surface area contributed by atoms with Crippen molar-refractivity contribution in [2.75, 3.05) is 23.9 Å². The SMILES string of the molecule is O=C(O)C1CCN(C(=O)CN2c3cccc4cccc(c34)S2(=O)=O)CC1. The van der Waals surface area contributed by atoms with Gasteiger partial charge in [0.1, 0.15) is 6.54 Å². The highest BCUT2D eigenvalue weighted by molar-refractivity contribution is 7.93. The van der Waals surface area contributed by atoms with Gasteiger partial charge in [-0.3, -0.25) is 13.9 Å². The van der Waals surface area contributed by atoms with Gasteiger partial charge < -0.3 is 10.0 Å². The van der Waals surface area contributed by atoms with Crippen LogP contribution in [-0.2, 0) is 19.6 Å². The monoisotopic (exact) mass is 374 g/mol. The molecule has 1 fully saturated rings. The average Bonchev–Trinajstić information content (AvgIpc) is 2.85. The van der Waals surface area contributed by atoms with Gasteiger partial charge in [-0.15, -0.1) is 0 Å². The van der Waals surface area contributed by atoms with E-state index in [1.165, 1.54) is 0 Å². The zero-order valence-corrected chi connectivity index (χ0v) is 14.8. The van der Waals surface area contributed by atoms with Gasteiger partial charge in [0.25, 0.3) is 10.0 Å². The lowest BCUT2D eigenvalue weighted by molar-refractivity contribution is -0.145. The minimum Gasteiger partial charge on any atom is -0.481 e. The molecule has 4 rings (SSSR count). The van der Waals surface area contributed by atoms with Crippen LogP contribution in [0.4, 0.5) is 5.69 Å². The van der Waals surface area contributed by atoms with Crippen molar-refractivity contribution in [2.24, 2.45) is 5.92 Å². The fraction of sp³-hybridized carbons (Fsp3) is 0.333. The standard InChI is InChI=1S/C18H18N2O5S/c21-16(19-9-7-13(8-10-19)18(22)23)11-20-14-5-1-3-12-4-2-6-15(17(12)14)26(20,24)25/h1-6,13H,7-11H2,(H,22,23). The second-order valence-corrected chi connectivity index (χ2v) is 8.47. The molecule has 0 aliphatic carbocycles. The summed E-state index contributed by atoms with van der Waals surface area (Å²) in [7, 11) is -3.76. The summed E-state index contributed by atoms with van der Waals surface area (Å²) >= 11 is 0. The number of benzene rings is 2. The first-order chi connectivity index (χ1) is 12.4. The first kappa shape index (κ1) is 16.8. The molecular formula is C18H18N2O5S. The van der Waals surface area contributed by atoms with Crippen molar-refractivity contribution in [2.45, 2.75) is 17.7 Å². The lowest BCUT2D eigenvalue weighted by Gasteiger charge is -2.31. The molecule has 2 aromatic carbocycles. The number of sulfonamides is 1. The molecule has 0 radical (unpaired) electrons. The van der Waals surface area contributed by atoms with Gasteiger partial charge in [-0.1, -0.05) is 24.3 Å². The van der Waals surface area contributed by atoms with Gasteiger partial charge in [0.2, 0.25) is 5.91 Å². The van der Waals surface area contributed by atoms with E-state index in [1.807, 2.05) is 12.1 Å². The topological polar surface area (TPSA) is 95.0 Å². The lowest BCUT2D eigenvalue weighted by Crippen LogP contribution is -2.45. The van der Waals surface area contributed by atoms with E-state index in [1.54, 1.807) is 29.2 Å². The molecule has 26 heavy (non-hydrogen) atoms. The number of carboxylic acids is 1. The summed E-state index contributed by atoms with van der Waals surface area (Å²) in [4.78, 5) is 25.5. The minimum absolute atomic E-state index is 0.225. The van der Waals surface area contributed by atoms with Crippen LogP contribution in [0.15, 0.2) is 41.3 Å². The van der Waals surface area contributed by atoms with Crippen molar-refractivity contribution in [1.29, 1.82) is 0 Å². The fourth-order valence-electron chi connectivity index (χ4n) is 3.73. The second kappa shape index (κ2) is 5.98. The van der Waals surface area contributed by atoms with E-state index in [9.17, 15) is 18.0 Å². The van der Waals surface area contributed by atoms with Gasteiger partial charge in [-0.2, -0.15) is 0 Å². The van der Waals surface area contributed by atoms with E-state index >= 15 is 0 Å². The van der Waals surface area contributed by atoms with Crippen LogP contribution in [0.1, 0.15) is 12.8 Å². The maximum absolute atomic E-state index is 12.9. The Balaban J connectivity index is 1.59. The maximum Gasteiger partial charge on any atom is 0.306 e. The highest BCUT2D eigenvalue weighted by Gasteiger charge is 2.38. The van der Waals surface area contributed by atoms with Crippen LogP contribution in [-0.4, -0.2) is 49.9 Å². The molecule has 2 heterocycles. The van der Waals surface area contributed by atoms with E-state index in [0.717, 1.165) is 9.69 Å². The summed E-state index contributed by atoms with van der Waals surface area (Å²) in [5, 5.41) is 10.5. The number of rotatable bonds is 3. The molecule has 1 N–H and O–H groups in total. The molecule has 0 aromatic heterocycles. The average molecular weight is 374 g/mol.